The Morgan fingerprint density at radius 3 is 2.34 bits per heavy atom. The predicted octanol–water partition coefficient (Wildman–Crippen LogP) is 5.18. The minimum atomic E-state index is -5.08. The van der Waals surface area contributed by atoms with Gasteiger partial charge >= 0.3 is 12.1 Å². The topological polar surface area (TPSA) is 71.9 Å². The number of ether oxygens (including phenoxy) is 2. The normalized spacial score (nSPS) is 13.3. The smallest absolute Gasteiger partial charge is 0.477 e. The molecule has 186 valence electrons. The molecule has 0 radical (unpaired) electrons. The first-order valence-electron chi connectivity index (χ1n) is 11.1. The third-order valence-electron chi connectivity index (χ3n) is 5.23. The Balaban J connectivity index is 0.000000429. The molecule has 1 fully saturated rings. The Kier molecular flexibility index (Phi) is 9.63. The Hall–Kier alpha value is -3.43. The quantitative estimate of drug-likeness (QED) is 0.419. The number of rotatable bonds is 9. The zero-order valence-electron chi connectivity index (χ0n) is 19.1. The van der Waals surface area contributed by atoms with Crippen LogP contribution in [0.3, 0.4) is 0 Å². The lowest BCUT2D eigenvalue weighted by molar-refractivity contribution is -0.192. The van der Waals surface area contributed by atoms with Crippen molar-refractivity contribution >= 4 is 5.97 Å². The maximum atomic E-state index is 10.6. The molecular formula is C26H27F3N2O4. The molecule has 2 heterocycles. The van der Waals surface area contributed by atoms with E-state index in [0.29, 0.717) is 19.9 Å². The van der Waals surface area contributed by atoms with Crippen LogP contribution in [0, 0.1) is 0 Å². The van der Waals surface area contributed by atoms with Crippen LogP contribution in [0.5, 0.6) is 5.75 Å². The van der Waals surface area contributed by atoms with Gasteiger partial charge in [-0.2, -0.15) is 13.2 Å². The Labute approximate surface area is 201 Å². The molecule has 35 heavy (non-hydrogen) atoms. The number of hydrogen-bond donors (Lipinski definition) is 1. The number of pyridine rings is 1. The lowest BCUT2D eigenvalue weighted by Crippen LogP contribution is -2.39. The second-order valence-electron chi connectivity index (χ2n) is 7.95. The van der Waals surface area contributed by atoms with Crippen molar-refractivity contribution in [1.82, 2.24) is 9.88 Å². The number of nitrogens with zero attached hydrogens (tertiary/aromatic N) is 2. The van der Waals surface area contributed by atoms with Gasteiger partial charge in [0.05, 0.1) is 19.4 Å². The molecule has 0 atom stereocenters. The van der Waals surface area contributed by atoms with Gasteiger partial charge in [-0.05, 0) is 35.6 Å². The molecule has 2 aromatic carbocycles. The van der Waals surface area contributed by atoms with Crippen molar-refractivity contribution in [2.45, 2.75) is 25.6 Å². The maximum absolute atomic E-state index is 10.6. The SMILES string of the molecule is O=C(O)C(F)(F)F.c1ccc(COCCc2cccc(-c3cncc(OCN4CCC4)c3)c2)cc1. The van der Waals surface area contributed by atoms with E-state index >= 15 is 0 Å². The van der Waals surface area contributed by atoms with Gasteiger partial charge in [-0.3, -0.25) is 9.88 Å². The van der Waals surface area contributed by atoms with Gasteiger partial charge in [-0.25, -0.2) is 4.79 Å². The van der Waals surface area contributed by atoms with Crippen molar-refractivity contribution in [3.05, 3.63) is 84.2 Å². The molecule has 6 nitrogen and oxygen atoms in total. The van der Waals surface area contributed by atoms with E-state index in [1.54, 1.807) is 6.20 Å². The molecule has 1 saturated heterocycles. The Morgan fingerprint density at radius 2 is 1.69 bits per heavy atom. The number of carbonyl (C=O) groups is 1. The van der Waals surface area contributed by atoms with Gasteiger partial charge in [0.1, 0.15) is 12.5 Å². The Bertz CT molecular complexity index is 1070. The van der Waals surface area contributed by atoms with Crippen molar-refractivity contribution in [3.8, 4) is 16.9 Å². The summed E-state index contributed by atoms with van der Waals surface area (Å²) in [5, 5.41) is 7.12. The van der Waals surface area contributed by atoms with E-state index in [9.17, 15) is 13.2 Å². The minimum Gasteiger partial charge on any atom is -0.477 e. The summed E-state index contributed by atoms with van der Waals surface area (Å²) >= 11 is 0. The summed E-state index contributed by atoms with van der Waals surface area (Å²) in [7, 11) is 0. The molecule has 1 aromatic heterocycles. The van der Waals surface area contributed by atoms with Crippen LogP contribution in [0.2, 0.25) is 0 Å². The molecular weight excluding hydrogens is 461 g/mol. The molecule has 3 aromatic rings. The first kappa shape index (κ1) is 26.2. The van der Waals surface area contributed by atoms with Gasteiger partial charge in [0.25, 0.3) is 0 Å². The first-order chi connectivity index (χ1) is 16.8. The van der Waals surface area contributed by atoms with Gasteiger partial charge in [0.2, 0.25) is 0 Å². The van der Waals surface area contributed by atoms with Crippen LogP contribution in [0.15, 0.2) is 73.1 Å². The summed E-state index contributed by atoms with van der Waals surface area (Å²) in [6.45, 7) is 4.25. The summed E-state index contributed by atoms with van der Waals surface area (Å²) in [4.78, 5) is 15.5. The van der Waals surface area contributed by atoms with Gasteiger partial charge in [-0.15, -0.1) is 0 Å². The molecule has 1 aliphatic heterocycles. The number of aliphatic carboxylic acids is 1. The highest BCUT2D eigenvalue weighted by Gasteiger charge is 2.38. The first-order valence-corrected chi connectivity index (χ1v) is 11.1. The fourth-order valence-corrected chi connectivity index (χ4v) is 3.19. The largest absolute Gasteiger partial charge is 0.490 e. The lowest BCUT2D eigenvalue weighted by Gasteiger charge is -2.30. The second-order valence-corrected chi connectivity index (χ2v) is 7.95. The highest BCUT2D eigenvalue weighted by Crippen LogP contribution is 2.24. The number of carboxylic acids is 1. The summed E-state index contributed by atoms with van der Waals surface area (Å²) in [5.41, 5.74) is 4.70. The third-order valence-corrected chi connectivity index (χ3v) is 5.23. The summed E-state index contributed by atoms with van der Waals surface area (Å²) < 4.78 is 43.4. The molecule has 4 rings (SSSR count). The van der Waals surface area contributed by atoms with E-state index in [-0.39, 0.29) is 0 Å². The van der Waals surface area contributed by atoms with Gasteiger partial charge < -0.3 is 14.6 Å². The standard InChI is InChI=1S/C24H26N2O2.C2HF3O2/c1-2-6-21(7-3-1)18-27-13-10-20-8-4-9-22(14-20)23-15-24(17-25-16-23)28-19-26-11-5-12-26;3-2(4,5)1(6)7/h1-4,6-9,14-17H,5,10-13,18-19H2;(H,6,7). The van der Waals surface area contributed by atoms with E-state index in [4.69, 9.17) is 19.4 Å². The van der Waals surface area contributed by atoms with E-state index in [1.165, 1.54) is 17.5 Å². The van der Waals surface area contributed by atoms with Crippen molar-refractivity contribution in [1.29, 1.82) is 0 Å². The van der Waals surface area contributed by atoms with Crippen molar-refractivity contribution in [3.63, 3.8) is 0 Å². The zero-order chi connectivity index (χ0) is 25.1. The number of benzene rings is 2. The fourth-order valence-electron chi connectivity index (χ4n) is 3.19. The third kappa shape index (κ3) is 9.03. The van der Waals surface area contributed by atoms with Crippen LogP contribution < -0.4 is 4.74 Å². The van der Waals surface area contributed by atoms with E-state index in [1.807, 2.05) is 24.4 Å². The lowest BCUT2D eigenvalue weighted by atomic mass is 10.0. The molecule has 0 amide bonds. The number of alkyl halides is 3. The molecule has 0 aliphatic carbocycles. The molecule has 0 unspecified atom stereocenters. The monoisotopic (exact) mass is 488 g/mol. The average molecular weight is 489 g/mol. The van der Waals surface area contributed by atoms with Crippen molar-refractivity contribution in [2.24, 2.45) is 0 Å². The average Bonchev–Trinajstić information content (AvgIpc) is 2.82. The molecule has 0 bridgehead atoms. The molecule has 0 spiro atoms. The van der Waals surface area contributed by atoms with Crippen LogP contribution >= 0.6 is 0 Å². The summed E-state index contributed by atoms with van der Waals surface area (Å²) in [6.07, 6.45) is 0.745. The number of aromatic nitrogens is 1. The maximum Gasteiger partial charge on any atom is 0.490 e. The van der Waals surface area contributed by atoms with Crippen LogP contribution in [-0.4, -0.2) is 53.6 Å². The molecule has 0 saturated carbocycles. The fraction of sp³-hybridized carbons (Fsp3) is 0.308. The van der Waals surface area contributed by atoms with E-state index in [0.717, 1.165) is 36.4 Å². The van der Waals surface area contributed by atoms with E-state index < -0.39 is 12.1 Å². The van der Waals surface area contributed by atoms with Crippen molar-refractivity contribution < 1.29 is 32.5 Å². The highest BCUT2D eigenvalue weighted by atomic mass is 19.4. The summed E-state index contributed by atoms with van der Waals surface area (Å²) in [5.74, 6) is -1.94. The van der Waals surface area contributed by atoms with Crippen LogP contribution in [0.4, 0.5) is 13.2 Å². The van der Waals surface area contributed by atoms with Crippen LogP contribution in [0.25, 0.3) is 11.1 Å². The van der Waals surface area contributed by atoms with Crippen LogP contribution in [-0.2, 0) is 22.6 Å². The number of hydrogen-bond acceptors (Lipinski definition) is 5. The Morgan fingerprint density at radius 1 is 0.971 bits per heavy atom. The minimum absolute atomic E-state index is 0.643. The predicted molar refractivity (Wildman–Crippen MR) is 125 cm³/mol. The number of likely N-dealkylation sites (tertiary alicyclic amines) is 1. The number of halogens is 3. The van der Waals surface area contributed by atoms with Gasteiger partial charge in [-0.1, -0.05) is 54.6 Å². The van der Waals surface area contributed by atoms with Gasteiger partial charge in [0.15, 0.2) is 0 Å². The number of carboxylic acid groups (broad SMARTS) is 1. The van der Waals surface area contributed by atoms with Crippen molar-refractivity contribution in [2.75, 3.05) is 26.4 Å². The van der Waals surface area contributed by atoms with Gasteiger partial charge in [0, 0.05) is 24.8 Å². The summed E-state index contributed by atoms with van der Waals surface area (Å²) in [6, 6.07) is 20.9. The highest BCUT2D eigenvalue weighted by molar-refractivity contribution is 5.73. The van der Waals surface area contributed by atoms with Crippen LogP contribution in [0.1, 0.15) is 17.5 Å². The second kappa shape index (κ2) is 12.9. The molecule has 1 aliphatic rings. The molecule has 1 N–H and O–H groups in total. The molecule has 9 heteroatoms. The zero-order valence-corrected chi connectivity index (χ0v) is 19.1. The van der Waals surface area contributed by atoms with E-state index in [2.05, 4.69) is 52.3 Å².